The minimum absolute atomic E-state index is 0.0495. The molecule has 1 aliphatic heterocycles. The molecular weight excluding hydrogens is 240 g/mol. The summed E-state index contributed by atoms with van der Waals surface area (Å²) < 4.78 is 7.36. The third-order valence-corrected chi connectivity index (χ3v) is 3.43. The van der Waals surface area contributed by atoms with Crippen LogP contribution in [0.3, 0.4) is 0 Å². The number of nitrogens with zero attached hydrogens (tertiary/aromatic N) is 2. The number of nitrogens with one attached hydrogen (secondary N) is 2. The second kappa shape index (κ2) is 5.15. The van der Waals surface area contributed by atoms with Crippen molar-refractivity contribution in [3.8, 4) is 5.88 Å². The van der Waals surface area contributed by atoms with Gasteiger partial charge in [-0.1, -0.05) is 27.4 Å². The molecule has 0 atom stereocenters. The van der Waals surface area contributed by atoms with Crippen molar-refractivity contribution in [2.75, 3.05) is 19.0 Å². The summed E-state index contributed by atoms with van der Waals surface area (Å²) in [5.41, 5.74) is 2.14. The van der Waals surface area contributed by atoms with Gasteiger partial charge in [-0.25, -0.2) is 4.68 Å². The molecule has 0 fully saturated rings. The van der Waals surface area contributed by atoms with Gasteiger partial charge in [0.05, 0.1) is 12.7 Å². The third kappa shape index (κ3) is 2.85. The van der Waals surface area contributed by atoms with E-state index in [1.165, 1.54) is 0 Å². The highest BCUT2D eigenvalue weighted by molar-refractivity contribution is 5.51. The van der Waals surface area contributed by atoms with Crippen LogP contribution >= 0.6 is 0 Å². The van der Waals surface area contributed by atoms with Crippen LogP contribution in [0, 0.1) is 5.41 Å². The Morgan fingerprint density at radius 2 is 2.26 bits per heavy atom. The lowest BCUT2D eigenvalue weighted by Gasteiger charge is -2.23. The van der Waals surface area contributed by atoms with E-state index >= 15 is 0 Å². The lowest BCUT2D eigenvalue weighted by Crippen LogP contribution is -2.24. The number of hydrogen-bond donors (Lipinski definition) is 2. The fourth-order valence-corrected chi connectivity index (χ4v) is 2.06. The van der Waals surface area contributed by atoms with E-state index in [1.54, 1.807) is 7.11 Å². The molecule has 0 saturated carbocycles. The summed E-state index contributed by atoms with van der Waals surface area (Å²) in [5.74, 6) is 1.76. The molecule has 0 aromatic carbocycles. The van der Waals surface area contributed by atoms with Crippen molar-refractivity contribution in [3.63, 3.8) is 0 Å². The van der Waals surface area contributed by atoms with Gasteiger partial charge in [0, 0.05) is 30.7 Å². The van der Waals surface area contributed by atoms with Crippen LogP contribution in [0.15, 0.2) is 12.3 Å². The molecule has 106 valence electrons. The number of ether oxygens (including phenoxy) is 1. The van der Waals surface area contributed by atoms with E-state index in [4.69, 9.17) is 4.74 Å². The maximum atomic E-state index is 5.37. The van der Waals surface area contributed by atoms with Crippen LogP contribution in [-0.4, -0.2) is 23.4 Å². The Morgan fingerprint density at radius 1 is 1.53 bits per heavy atom. The summed E-state index contributed by atoms with van der Waals surface area (Å²) in [5, 5.41) is 11.3. The lowest BCUT2D eigenvalue weighted by molar-refractivity contribution is 0.381. The zero-order chi connectivity index (χ0) is 14.0. The van der Waals surface area contributed by atoms with Gasteiger partial charge >= 0.3 is 0 Å². The minimum Gasteiger partial charge on any atom is -0.480 e. The first-order valence-electron chi connectivity index (χ1n) is 6.74. The summed E-state index contributed by atoms with van der Waals surface area (Å²) >= 11 is 0. The van der Waals surface area contributed by atoms with E-state index in [0.717, 1.165) is 36.6 Å². The first-order chi connectivity index (χ1) is 8.93. The monoisotopic (exact) mass is 264 g/mol. The quantitative estimate of drug-likeness (QED) is 0.876. The molecule has 0 saturated heterocycles. The van der Waals surface area contributed by atoms with Gasteiger partial charge in [-0.05, 0) is 6.42 Å². The van der Waals surface area contributed by atoms with E-state index in [1.807, 2.05) is 4.68 Å². The van der Waals surface area contributed by atoms with E-state index in [9.17, 15) is 0 Å². The van der Waals surface area contributed by atoms with Crippen LogP contribution in [-0.2, 0) is 13.1 Å². The van der Waals surface area contributed by atoms with Gasteiger partial charge in [-0.2, -0.15) is 0 Å². The highest BCUT2D eigenvalue weighted by Gasteiger charge is 2.22. The Bertz CT molecular complexity index is 471. The molecule has 0 bridgehead atoms. The largest absolute Gasteiger partial charge is 0.480 e. The van der Waals surface area contributed by atoms with Crippen molar-refractivity contribution in [2.24, 2.45) is 5.41 Å². The SMILES string of the molecule is C=C(NCc1c(OC)nn2c1NCCC2)C(C)(C)C. The molecule has 0 spiro atoms. The predicted octanol–water partition coefficient (Wildman–Crippen LogP) is 2.36. The van der Waals surface area contributed by atoms with Gasteiger partial charge < -0.3 is 15.4 Å². The number of anilines is 1. The first-order valence-corrected chi connectivity index (χ1v) is 6.74. The zero-order valence-electron chi connectivity index (χ0n) is 12.3. The molecule has 0 aliphatic carbocycles. The van der Waals surface area contributed by atoms with Gasteiger partial charge in [0.25, 0.3) is 0 Å². The van der Waals surface area contributed by atoms with Gasteiger partial charge in [0.15, 0.2) is 0 Å². The predicted molar refractivity (Wildman–Crippen MR) is 77.3 cm³/mol. The highest BCUT2D eigenvalue weighted by Crippen LogP contribution is 2.29. The number of methoxy groups -OCH3 is 1. The second-order valence-corrected chi connectivity index (χ2v) is 5.92. The third-order valence-electron chi connectivity index (χ3n) is 3.43. The zero-order valence-corrected chi connectivity index (χ0v) is 12.3. The smallest absolute Gasteiger partial charge is 0.239 e. The molecule has 1 aromatic heterocycles. The average molecular weight is 264 g/mol. The lowest BCUT2D eigenvalue weighted by atomic mass is 9.93. The summed E-state index contributed by atoms with van der Waals surface area (Å²) in [6, 6.07) is 0. The van der Waals surface area contributed by atoms with Crippen molar-refractivity contribution in [3.05, 3.63) is 17.8 Å². The fraction of sp³-hybridized carbons (Fsp3) is 0.643. The summed E-state index contributed by atoms with van der Waals surface area (Å²) in [4.78, 5) is 0. The van der Waals surface area contributed by atoms with Crippen molar-refractivity contribution < 1.29 is 4.74 Å². The second-order valence-electron chi connectivity index (χ2n) is 5.92. The molecule has 5 heteroatoms. The molecule has 2 heterocycles. The highest BCUT2D eigenvalue weighted by atomic mass is 16.5. The van der Waals surface area contributed by atoms with Crippen LogP contribution < -0.4 is 15.4 Å². The molecule has 1 aliphatic rings. The van der Waals surface area contributed by atoms with Gasteiger partial charge in [-0.3, -0.25) is 0 Å². The Kier molecular flexibility index (Phi) is 3.73. The first kappa shape index (κ1) is 13.8. The van der Waals surface area contributed by atoms with Crippen molar-refractivity contribution in [2.45, 2.75) is 40.3 Å². The molecule has 0 unspecified atom stereocenters. The van der Waals surface area contributed by atoms with Gasteiger partial charge in [0.1, 0.15) is 5.82 Å². The molecule has 2 rings (SSSR count). The normalized spacial score (nSPS) is 14.5. The average Bonchev–Trinajstić information content (AvgIpc) is 2.72. The molecule has 2 N–H and O–H groups in total. The van der Waals surface area contributed by atoms with Crippen LogP contribution in [0.25, 0.3) is 0 Å². The molecular formula is C14H24N4O. The van der Waals surface area contributed by atoms with Crippen LogP contribution in [0.2, 0.25) is 0 Å². The molecule has 19 heavy (non-hydrogen) atoms. The van der Waals surface area contributed by atoms with Crippen molar-refractivity contribution in [1.82, 2.24) is 15.1 Å². The Morgan fingerprint density at radius 3 is 2.89 bits per heavy atom. The standard InChI is InChI=1S/C14H24N4O/c1-10(14(2,3)4)16-9-11-12-15-7-6-8-18(12)17-13(11)19-5/h15-16H,1,6-9H2,2-5H3. The van der Waals surface area contributed by atoms with Gasteiger partial charge in [-0.15, -0.1) is 5.10 Å². The molecule has 0 radical (unpaired) electrons. The summed E-state index contributed by atoms with van der Waals surface area (Å²) in [6.45, 7) is 13.1. The Labute approximate surface area is 115 Å². The van der Waals surface area contributed by atoms with E-state index in [2.05, 4.69) is 43.1 Å². The fourth-order valence-electron chi connectivity index (χ4n) is 2.06. The number of aryl methyl sites for hydroxylation is 1. The topological polar surface area (TPSA) is 51.1 Å². The van der Waals surface area contributed by atoms with Crippen LogP contribution in [0.4, 0.5) is 5.82 Å². The van der Waals surface area contributed by atoms with Crippen LogP contribution in [0.1, 0.15) is 32.8 Å². The molecule has 5 nitrogen and oxygen atoms in total. The molecule has 0 amide bonds. The number of fused-ring (bicyclic) bond motifs is 1. The number of hydrogen-bond acceptors (Lipinski definition) is 4. The number of allylic oxidation sites excluding steroid dienone is 1. The number of rotatable bonds is 4. The number of aromatic nitrogens is 2. The Balaban J connectivity index is 2.15. The summed E-state index contributed by atoms with van der Waals surface area (Å²) in [7, 11) is 1.66. The Hall–Kier alpha value is -1.65. The van der Waals surface area contributed by atoms with E-state index < -0.39 is 0 Å². The minimum atomic E-state index is 0.0495. The van der Waals surface area contributed by atoms with Crippen molar-refractivity contribution in [1.29, 1.82) is 0 Å². The maximum absolute atomic E-state index is 5.37. The van der Waals surface area contributed by atoms with Gasteiger partial charge in [0.2, 0.25) is 5.88 Å². The van der Waals surface area contributed by atoms with Crippen molar-refractivity contribution >= 4 is 5.82 Å². The molecule has 1 aromatic rings. The maximum Gasteiger partial charge on any atom is 0.239 e. The van der Waals surface area contributed by atoms with E-state index in [-0.39, 0.29) is 5.41 Å². The summed E-state index contributed by atoms with van der Waals surface area (Å²) in [6.07, 6.45) is 1.10. The van der Waals surface area contributed by atoms with Crippen LogP contribution in [0.5, 0.6) is 5.88 Å². The van der Waals surface area contributed by atoms with E-state index in [0.29, 0.717) is 12.4 Å².